The third-order valence-corrected chi connectivity index (χ3v) is 7.91. The van der Waals surface area contributed by atoms with Crippen molar-refractivity contribution < 1.29 is 9.18 Å². The summed E-state index contributed by atoms with van der Waals surface area (Å²) in [7, 11) is 1.82. The lowest BCUT2D eigenvalue weighted by atomic mass is 9.81. The third-order valence-electron chi connectivity index (χ3n) is 7.91. The van der Waals surface area contributed by atoms with Gasteiger partial charge in [-0.1, -0.05) is 12.1 Å². The Balaban J connectivity index is 1.25. The average Bonchev–Trinajstić information content (AvgIpc) is 3.40. The standard InChI is InChI=1S/C32H30FN7O2/c1-35-18-20-4-6-22(7-5-20)28-17-27(29-30(34)36-19-37-40(28)29)21-8-12-24(13-9-21)38-31(41)26-3-2-16-39(32(26)42)25-14-10-23(33)11-15-25/h2-3,8-20,22H,4-7H2,1H3,(H,38,41)(H2,34,36,37)/b35-18+/t20-,22-. The highest BCUT2D eigenvalue weighted by Crippen LogP contribution is 2.40. The van der Waals surface area contributed by atoms with E-state index in [-0.39, 0.29) is 5.56 Å². The number of nitrogen functional groups attached to an aromatic ring is 1. The fraction of sp³-hybridized carbons (Fsp3) is 0.219. The molecular weight excluding hydrogens is 533 g/mol. The number of nitrogens with one attached hydrogen (secondary N) is 1. The summed E-state index contributed by atoms with van der Waals surface area (Å²) in [6.45, 7) is 0. The Morgan fingerprint density at radius 2 is 1.81 bits per heavy atom. The van der Waals surface area contributed by atoms with E-state index in [0.29, 0.717) is 29.0 Å². The van der Waals surface area contributed by atoms with Crippen LogP contribution in [0.3, 0.4) is 0 Å². The van der Waals surface area contributed by atoms with Crippen LogP contribution in [0.2, 0.25) is 0 Å². The SMILES string of the molecule is C/N=C/[C@H]1CC[C@H](c2cc(-c3ccc(NC(=O)c4cccn(-c5ccc(F)cc5)c4=O)cc3)c3c(N)ncnn32)CC1. The highest BCUT2D eigenvalue weighted by molar-refractivity contribution is 6.04. The van der Waals surface area contributed by atoms with Crippen LogP contribution in [0.15, 0.2) is 89.0 Å². The molecule has 0 radical (unpaired) electrons. The number of hydrogen-bond acceptors (Lipinski definition) is 6. The summed E-state index contributed by atoms with van der Waals surface area (Å²) in [6.07, 6.45) is 9.32. The first-order chi connectivity index (χ1) is 20.4. The van der Waals surface area contributed by atoms with Crippen molar-refractivity contribution >= 4 is 29.1 Å². The molecule has 2 aromatic carbocycles. The zero-order chi connectivity index (χ0) is 29.2. The van der Waals surface area contributed by atoms with Crippen LogP contribution >= 0.6 is 0 Å². The van der Waals surface area contributed by atoms with Crippen LogP contribution in [0.4, 0.5) is 15.9 Å². The highest BCUT2D eigenvalue weighted by Gasteiger charge is 2.26. The number of nitrogens with zero attached hydrogens (tertiary/aromatic N) is 5. The number of carbonyl (C=O) groups excluding carboxylic acids is 1. The van der Waals surface area contributed by atoms with Gasteiger partial charge in [0.15, 0.2) is 5.82 Å². The Bertz CT molecular complexity index is 1830. The number of hydrogen-bond donors (Lipinski definition) is 2. The molecule has 1 fully saturated rings. The van der Waals surface area contributed by atoms with E-state index in [1.165, 1.54) is 47.4 Å². The first kappa shape index (κ1) is 27.1. The Morgan fingerprint density at radius 1 is 1.07 bits per heavy atom. The van der Waals surface area contributed by atoms with Crippen LogP contribution in [0.5, 0.6) is 0 Å². The Labute approximate surface area is 241 Å². The molecule has 0 spiro atoms. The van der Waals surface area contributed by atoms with Crippen LogP contribution in [-0.4, -0.2) is 38.3 Å². The van der Waals surface area contributed by atoms with Gasteiger partial charge in [-0.25, -0.2) is 13.9 Å². The lowest BCUT2D eigenvalue weighted by Crippen LogP contribution is -2.27. The molecule has 3 aromatic heterocycles. The van der Waals surface area contributed by atoms with Gasteiger partial charge in [0.05, 0.1) is 0 Å². The van der Waals surface area contributed by atoms with Crippen LogP contribution in [0.25, 0.3) is 22.3 Å². The summed E-state index contributed by atoms with van der Waals surface area (Å²) in [5.74, 6) is 0.319. The van der Waals surface area contributed by atoms with E-state index in [1.807, 2.05) is 23.7 Å². The largest absolute Gasteiger partial charge is 0.382 e. The lowest BCUT2D eigenvalue weighted by molar-refractivity contribution is 0.102. The minimum atomic E-state index is -0.540. The van der Waals surface area contributed by atoms with E-state index in [4.69, 9.17) is 5.73 Å². The topological polar surface area (TPSA) is 120 Å². The number of amides is 1. The first-order valence-corrected chi connectivity index (χ1v) is 13.9. The average molecular weight is 564 g/mol. The smallest absolute Gasteiger partial charge is 0.267 e. The monoisotopic (exact) mass is 563 g/mol. The zero-order valence-electron chi connectivity index (χ0n) is 23.1. The molecule has 3 N–H and O–H groups in total. The molecule has 9 nitrogen and oxygen atoms in total. The van der Waals surface area contributed by atoms with Crippen molar-refractivity contribution in [3.05, 3.63) is 107 Å². The molecule has 1 aliphatic carbocycles. The summed E-state index contributed by atoms with van der Waals surface area (Å²) < 4.78 is 16.6. The van der Waals surface area contributed by atoms with Crippen molar-refractivity contribution in [2.24, 2.45) is 10.9 Å². The van der Waals surface area contributed by atoms with Crippen LogP contribution in [-0.2, 0) is 0 Å². The summed E-state index contributed by atoms with van der Waals surface area (Å²) in [5, 5.41) is 7.35. The molecule has 5 aromatic rings. The van der Waals surface area contributed by atoms with Gasteiger partial charge in [-0.3, -0.25) is 14.2 Å². The second-order valence-corrected chi connectivity index (χ2v) is 10.5. The summed E-state index contributed by atoms with van der Waals surface area (Å²) in [6, 6.07) is 18.1. The van der Waals surface area contributed by atoms with Gasteiger partial charge < -0.3 is 16.0 Å². The van der Waals surface area contributed by atoms with Crippen molar-refractivity contribution in [2.75, 3.05) is 18.1 Å². The summed E-state index contributed by atoms with van der Waals surface area (Å²) in [4.78, 5) is 34.5. The van der Waals surface area contributed by atoms with E-state index >= 15 is 0 Å². The molecule has 212 valence electrons. The van der Waals surface area contributed by atoms with Gasteiger partial charge in [0.25, 0.3) is 11.5 Å². The number of rotatable bonds is 6. The lowest BCUT2D eigenvalue weighted by Gasteiger charge is -2.26. The fourth-order valence-corrected chi connectivity index (χ4v) is 5.78. The molecule has 1 aliphatic rings. The molecule has 0 aliphatic heterocycles. The van der Waals surface area contributed by atoms with Crippen LogP contribution in [0, 0.1) is 11.7 Å². The molecule has 3 heterocycles. The molecular formula is C32H30FN7O2. The molecule has 0 unspecified atom stereocenters. The van der Waals surface area contributed by atoms with Gasteiger partial charge in [0.1, 0.15) is 23.2 Å². The van der Waals surface area contributed by atoms with E-state index in [9.17, 15) is 14.0 Å². The molecule has 0 atom stereocenters. The van der Waals surface area contributed by atoms with Crippen molar-refractivity contribution in [1.82, 2.24) is 19.2 Å². The van der Waals surface area contributed by atoms with Gasteiger partial charge in [0, 0.05) is 48.0 Å². The van der Waals surface area contributed by atoms with E-state index in [1.54, 1.807) is 18.2 Å². The molecule has 10 heteroatoms. The minimum Gasteiger partial charge on any atom is -0.382 e. The molecule has 42 heavy (non-hydrogen) atoms. The van der Waals surface area contributed by atoms with Crippen LogP contribution < -0.4 is 16.6 Å². The number of carbonyl (C=O) groups is 1. The highest BCUT2D eigenvalue weighted by atomic mass is 19.1. The Morgan fingerprint density at radius 3 is 2.52 bits per heavy atom. The quantitative estimate of drug-likeness (QED) is 0.265. The number of benzene rings is 2. The Kier molecular flexibility index (Phi) is 7.35. The maximum absolute atomic E-state index is 13.3. The van der Waals surface area contributed by atoms with Gasteiger partial charge in [-0.05, 0) is 91.8 Å². The normalized spacial score (nSPS) is 17.1. The second kappa shape index (κ2) is 11.4. The van der Waals surface area contributed by atoms with Crippen LogP contribution in [0.1, 0.15) is 47.7 Å². The van der Waals surface area contributed by atoms with Gasteiger partial charge in [-0.15, -0.1) is 0 Å². The van der Waals surface area contributed by atoms with E-state index in [2.05, 4.69) is 32.7 Å². The Hall–Kier alpha value is -5.12. The number of aromatic nitrogens is 4. The van der Waals surface area contributed by atoms with Crippen molar-refractivity contribution in [1.29, 1.82) is 0 Å². The molecule has 0 bridgehead atoms. The number of fused-ring (bicyclic) bond motifs is 1. The van der Waals surface area contributed by atoms with E-state index < -0.39 is 17.3 Å². The maximum atomic E-state index is 13.3. The summed E-state index contributed by atoms with van der Waals surface area (Å²) in [5.41, 5.74) is 10.5. The maximum Gasteiger partial charge on any atom is 0.267 e. The summed E-state index contributed by atoms with van der Waals surface area (Å²) >= 11 is 0. The number of nitrogens with two attached hydrogens (primary N) is 1. The van der Waals surface area contributed by atoms with Gasteiger partial charge in [0.2, 0.25) is 0 Å². The van der Waals surface area contributed by atoms with Crippen molar-refractivity contribution in [3.63, 3.8) is 0 Å². The predicted octanol–water partition coefficient (Wildman–Crippen LogP) is 5.50. The molecule has 6 rings (SSSR count). The minimum absolute atomic E-state index is 0.0289. The fourth-order valence-electron chi connectivity index (χ4n) is 5.78. The first-order valence-electron chi connectivity index (χ1n) is 13.9. The molecule has 1 saturated carbocycles. The number of aliphatic imine (C=N–C) groups is 1. The number of pyridine rings is 1. The number of anilines is 2. The molecule has 1 amide bonds. The molecule has 0 saturated heterocycles. The predicted molar refractivity (Wildman–Crippen MR) is 162 cm³/mol. The third kappa shape index (κ3) is 5.18. The van der Waals surface area contributed by atoms with Crippen molar-refractivity contribution in [2.45, 2.75) is 31.6 Å². The van der Waals surface area contributed by atoms with Crippen molar-refractivity contribution in [3.8, 4) is 16.8 Å². The zero-order valence-corrected chi connectivity index (χ0v) is 23.1. The second-order valence-electron chi connectivity index (χ2n) is 10.5. The number of halogens is 1. The van der Waals surface area contributed by atoms with E-state index in [0.717, 1.165) is 48.0 Å². The van der Waals surface area contributed by atoms with Gasteiger partial charge in [-0.2, -0.15) is 5.10 Å². The van der Waals surface area contributed by atoms with Gasteiger partial charge >= 0.3 is 0 Å².